The van der Waals surface area contributed by atoms with Crippen molar-refractivity contribution >= 4 is 11.8 Å². The van der Waals surface area contributed by atoms with Crippen LogP contribution in [0.15, 0.2) is 67.0 Å². The molecule has 3 aromatic rings. The molecule has 4 rings (SSSR count). The van der Waals surface area contributed by atoms with Crippen molar-refractivity contribution in [2.45, 2.75) is 18.5 Å². The van der Waals surface area contributed by atoms with Gasteiger partial charge in [-0.25, -0.2) is 0 Å². The zero-order valence-electron chi connectivity index (χ0n) is 18.4. The molecule has 7 heteroatoms. The number of aromatic nitrogens is 1. The second-order valence-corrected chi connectivity index (χ2v) is 7.75. The summed E-state index contributed by atoms with van der Waals surface area (Å²) in [5.74, 6) is 0.350. The van der Waals surface area contributed by atoms with Crippen LogP contribution < -0.4 is 14.8 Å². The summed E-state index contributed by atoms with van der Waals surface area (Å²) in [5.41, 5.74) is 2.09. The second-order valence-electron chi connectivity index (χ2n) is 7.75. The monoisotopic (exact) mass is 433 g/mol. The normalized spacial score (nSPS) is 17.6. The molecule has 2 aromatic carbocycles. The van der Waals surface area contributed by atoms with E-state index in [-0.39, 0.29) is 11.8 Å². The van der Waals surface area contributed by atoms with E-state index in [4.69, 9.17) is 9.47 Å². The van der Waals surface area contributed by atoms with E-state index in [9.17, 15) is 9.59 Å². The number of nitrogens with zero attached hydrogens (tertiary/aromatic N) is 2. The van der Waals surface area contributed by atoms with Crippen LogP contribution in [0.5, 0.6) is 11.5 Å². The van der Waals surface area contributed by atoms with Gasteiger partial charge in [0.1, 0.15) is 0 Å². The Hall–Kier alpha value is -3.74. The SMILES string of the molecule is COc1ccc([C@@H]2[C@@H](C(=O)NCCn3cccc3)c3ccccc3C(=O)N2C)cc1OC. The van der Waals surface area contributed by atoms with Gasteiger partial charge >= 0.3 is 0 Å². The third kappa shape index (κ3) is 3.93. The first-order valence-electron chi connectivity index (χ1n) is 10.5. The number of hydrogen-bond acceptors (Lipinski definition) is 4. The Kier molecular flexibility index (Phi) is 6.16. The molecule has 1 aromatic heterocycles. The molecule has 32 heavy (non-hydrogen) atoms. The Morgan fingerprint density at radius 2 is 1.72 bits per heavy atom. The average Bonchev–Trinajstić information content (AvgIpc) is 3.34. The largest absolute Gasteiger partial charge is 0.493 e. The van der Waals surface area contributed by atoms with Crippen LogP contribution in [0.3, 0.4) is 0 Å². The lowest BCUT2D eigenvalue weighted by Crippen LogP contribution is -2.46. The van der Waals surface area contributed by atoms with Crippen molar-refractivity contribution in [3.8, 4) is 11.5 Å². The Bertz CT molecular complexity index is 1110. The Balaban J connectivity index is 1.71. The maximum Gasteiger partial charge on any atom is 0.254 e. The number of carbonyl (C=O) groups excluding carboxylic acids is 2. The molecule has 0 spiro atoms. The fourth-order valence-electron chi connectivity index (χ4n) is 4.35. The minimum atomic E-state index is -0.559. The molecule has 1 aliphatic heterocycles. The second kappa shape index (κ2) is 9.18. The zero-order chi connectivity index (χ0) is 22.7. The number of hydrogen-bond donors (Lipinski definition) is 1. The number of likely N-dealkylation sites (N-methyl/N-ethyl adjacent to an activating group) is 1. The Labute approximate surface area is 187 Å². The summed E-state index contributed by atoms with van der Waals surface area (Å²) in [4.78, 5) is 28.3. The molecule has 166 valence electrons. The highest BCUT2D eigenvalue weighted by molar-refractivity contribution is 6.01. The van der Waals surface area contributed by atoms with Gasteiger partial charge < -0.3 is 24.3 Å². The van der Waals surface area contributed by atoms with Crippen LogP contribution in [0.4, 0.5) is 0 Å². The van der Waals surface area contributed by atoms with E-state index in [1.165, 1.54) is 0 Å². The van der Waals surface area contributed by atoms with Crippen molar-refractivity contribution in [1.82, 2.24) is 14.8 Å². The molecule has 0 aliphatic carbocycles. The van der Waals surface area contributed by atoms with Crippen LogP contribution >= 0.6 is 0 Å². The third-order valence-corrected chi connectivity index (χ3v) is 5.95. The minimum Gasteiger partial charge on any atom is -0.493 e. The number of ether oxygens (including phenoxy) is 2. The van der Waals surface area contributed by atoms with Gasteiger partial charge in [-0.15, -0.1) is 0 Å². The van der Waals surface area contributed by atoms with Crippen LogP contribution in [0.25, 0.3) is 0 Å². The standard InChI is InChI=1S/C25H27N3O4/c1-27-23(17-10-11-20(31-2)21(16-17)32-3)22(18-8-4-5-9-19(18)25(27)30)24(29)26-12-15-28-13-6-7-14-28/h4-11,13-14,16,22-23H,12,15H2,1-3H3,(H,26,29)/t22-,23+/m0/s1. The summed E-state index contributed by atoms with van der Waals surface area (Å²) < 4.78 is 12.8. The van der Waals surface area contributed by atoms with E-state index in [2.05, 4.69) is 5.32 Å². The molecule has 0 saturated heterocycles. The molecule has 2 heterocycles. The van der Waals surface area contributed by atoms with E-state index in [1.54, 1.807) is 38.3 Å². The number of carbonyl (C=O) groups is 2. The molecule has 0 radical (unpaired) electrons. The summed E-state index contributed by atoms with van der Waals surface area (Å²) in [7, 11) is 4.88. The zero-order valence-corrected chi connectivity index (χ0v) is 18.4. The Morgan fingerprint density at radius 1 is 1.00 bits per heavy atom. The molecule has 2 amide bonds. The average molecular weight is 434 g/mol. The maximum atomic E-state index is 13.5. The fourth-order valence-corrected chi connectivity index (χ4v) is 4.35. The topological polar surface area (TPSA) is 72.8 Å². The lowest BCUT2D eigenvalue weighted by molar-refractivity contribution is -0.124. The van der Waals surface area contributed by atoms with Gasteiger partial charge in [0, 0.05) is 38.1 Å². The van der Waals surface area contributed by atoms with E-state index in [0.29, 0.717) is 30.2 Å². The molecule has 0 saturated carbocycles. The third-order valence-electron chi connectivity index (χ3n) is 5.95. The van der Waals surface area contributed by atoms with E-state index in [0.717, 1.165) is 11.1 Å². The van der Waals surface area contributed by atoms with Gasteiger partial charge in [0.15, 0.2) is 11.5 Å². The minimum absolute atomic E-state index is 0.114. The van der Waals surface area contributed by atoms with Crippen LogP contribution in [0, 0.1) is 0 Å². The lowest BCUT2D eigenvalue weighted by atomic mass is 9.79. The van der Waals surface area contributed by atoms with E-state index < -0.39 is 12.0 Å². The molecule has 0 fully saturated rings. The lowest BCUT2D eigenvalue weighted by Gasteiger charge is -2.40. The predicted octanol–water partition coefficient (Wildman–Crippen LogP) is 3.23. The number of rotatable bonds is 7. The van der Waals surface area contributed by atoms with Crippen LogP contribution in [-0.4, -0.2) is 49.1 Å². The first-order valence-corrected chi connectivity index (χ1v) is 10.5. The van der Waals surface area contributed by atoms with Crippen molar-refractivity contribution < 1.29 is 19.1 Å². The van der Waals surface area contributed by atoms with Crippen molar-refractivity contribution in [3.63, 3.8) is 0 Å². The van der Waals surface area contributed by atoms with Crippen molar-refractivity contribution in [2.75, 3.05) is 27.8 Å². The molecule has 7 nitrogen and oxygen atoms in total. The summed E-state index contributed by atoms with van der Waals surface area (Å²) in [5, 5.41) is 3.06. The number of nitrogens with one attached hydrogen (secondary N) is 1. The van der Waals surface area contributed by atoms with Gasteiger partial charge in [0.25, 0.3) is 5.91 Å². The molecule has 1 N–H and O–H groups in total. The van der Waals surface area contributed by atoms with Gasteiger partial charge in [-0.2, -0.15) is 0 Å². The molecule has 0 bridgehead atoms. The van der Waals surface area contributed by atoms with Crippen LogP contribution in [0.2, 0.25) is 0 Å². The van der Waals surface area contributed by atoms with Gasteiger partial charge in [0.2, 0.25) is 5.91 Å². The van der Waals surface area contributed by atoms with Crippen molar-refractivity contribution in [2.24, 2.45) is 0 Å². The van der Waals surface area contributed by atoms with Crippen molar-refractivity contribution in [3.05, 3.63) is 83.7 Å². The number of benzene rings is 2. The summed E-state index contributed by atoms with van der Waals surface area (Å²) in [6, 6.07) is 16.3. The maximum absolute atomic E-state index is 13.5. The Morgan fingerprint density at radius 3 is 2.44 bits per heavy atom. The van der Waals surface area contributed by atoms with Gasteiger partial charge in [-0.1, -0.05) is 24.3 Å². The quantitative estimate of drug-likeness (QED) is 0.621. The van der Waals surface area contributed by atoms with Crippen LogP contribution in [0.1, 0.15) is 33.4 Å². The summed E-state index contributed by atoms with van der Waals surface area (Å²) >= 11 is 0. The van der Waals surface area contributed by atoms with Crippen molar-refractivity contribution in [1.29, 1.82) is 0 Å². The molecule has 1 aliphatic rings. The number of methoxy groups -OCH3 is 2. The summed E-state index contributed by atoms with van der Waals surface area (Å²) in [6.07, 6.45) is 3.92. The molecular formula is C25H27N3O4. The summed E-state index contributed by atoms with van der Waals surface area (Å²) in [6.45, 7) is 1.16. The number of amides is 2. The molecular weight excluding hydrogens is 406 g/mol. The first-order chi connectivity index (χ1) is 15.5. The van der Waals surface area contributed by atoms with Gasteiger partial charge in [-0.05, 0) is 41.5 Å². The highest BCUT2D eigenvalue weighted by Gasteiger charge is 2.42. The van der Waals surface area contributed by atoms with E-state index in [1.807, 2.05) is 59.4 Å². The van der Waals surface area contributed by atoms with Gasteiger partial charge in [-0.3, -0.25) is 9.59 Å². The van der Waals surface area contributed by atoms with Gasteiger partial charge in [0.05, 0.1) is 26.2 Å². The number of fused-ring (bicyclic) bond motifs is 1. The highest BCUT2D eigenvalue weighted by atomic mass is 16.5. The predicted molar refractivity (Wildman–Crippen MR) is 121 cm³/mol. The highest BCUT2D eigenvalue weighted by Crippen LogP contribution is 2.43. The molecule has 2 atom stereocenters. The van der Waals surface area contributed by atoms with E-state index >= 15 is 0 Å². The fraction of sp³-hybridized carbons (Fsp3) is 0.280. The van der Waals surface area contributed by atoms with Crippen LogP contribution in [-0.2, 0) is 11.3 Å². The smallest absolute Gasteiger partial charge is 0.254 e. The first kappa shape index (κ1) is 21.5. The molecule has 0 unspecified atom stereocenters.